The van der Waals surface area contributed by atoms with Gasteiger partial charge in [-0.1, -0.05) is 6.58 Å². The third kappa shape index (κ3) is 1.20. The number of dihydropyridines is 1. The first-order chi connectivity index (χ1) is 5.77. The summed E-state index contributed by atoms with van der Waals surface area (Å²) in [7, 11) is 0. The molecule has 0 saturated carbocycles. The molecule has 2 rings (SSSR count). The Balaban J connectivity index is 2.31. The summed E-state index contributed by atoms with van der Waals surface area (Å²) in [6, 6.07) is 0. The molecule has 1 N–H and O–H groups in total. The van der Waals surface area contributed by atoms with Crippen molar-refractivity contribution >= 4 is 0 Å². The molecule has 2 aliphatic rings. The highest BCUT2D eigenvalue weighted by Crippen LogP contribution is 2.31. The first-order valence-corrected chi connectivity index (χ1v) is 4.64. The molecule has 1 aliphatic carbocycles. The molecule has 1 heterocycles. The third-order valence-electron chi connectivity index (χ3n) is 2.59. The van der Waals surface area contributed by atoms with Gasteiger partial charge in [-0.2, -0.15) is 0 Å². The van der Waals surface area contributed by atoms with Crippen molar-refractivity contribution in [2.24, 2.45) is 0 Å². The molecule has 12 heavy (non-hydrogen) atoms. The Bertz CT molecular complexity index is 281. The second kappa shape index (κ2) is 2.81. The zero-order chi connectivity index (χ0) is 8.55. The van der Waals surface area contributed by atoms with Crippen molar-refractivity contribution in [2.75, 3.05) is 0 Å². The molecule has 0 bridgehead atoms. The third-order valence-corrected chi connectivity index (χ3v) is 2.59. The Labute approximate surface area is 73.9 Å². The molecular weight excluding hydrogens is 146 g/mol. The molecule has 1 nitrogen and oxygen atoms in total. The summed E-state index contributed by atoms with van der Waals surface area (Å²) in [6.07, 6.45) is 7.22. The van der Waals surface area contributed by atoms with E-state index >= 15 is 0 Å². The number of hydrogen-bond acceptors (Lipinski definition) is 1. The van der Waals surface area contributed by atoms with Gasteiger partial charge in [-0.05, 0) is 49.8 Å². The molecule has 64 valence electrons. The van der Waals surface area contributed by atoms with Gasteiger partial charge in [-0.15, -0.1) is 0 Å². The summed E-state index contributed by atoms with van der Waals surface area (Å²) in [5, 5.41) is 3.43. The monoisotopic (exact) mass is 161 g/mol. The van der Waals surface area contributed by atoms with Crippen molar-refractivity contribution in [3.05, 3.63) is 35.2 Å². The maximum absolute atomic E-state index is 4.07. The average molecular weight is 161 g/mol. The maximum atomic E-state index is 4.07. The van der Waals surface area contributed by atoms with Crippen LogP contribution in [0.5, 0.6) is 0 Å². The fourth-order valence-corrected chi connectivity index (χ4v) is 2.02. The lowest BCUT2D eigenvalue weighted by molar-refractivity contribution is 0.639. The molecule has 1 heteroatoms. The summed E-state index contributed by atoms with van der Waals surface area (Å²) in [6.45, 7) is 6.18. The molecule has 0 aromatic heterocycles. The Morgan fingerprint density at radius 3 is 2.92 bits per heavy atom. The highest BCUT2D eigenvalue weighted by molar-refractivity contribution is 5.46. The van der Waals surface area contributed by atoms with Crippen molar-refractivity contribution in [2.45, 2.75) is 32.6 Å². The molecule has 0 fully saturated rings. The molecule has 1 aliphatic heterocycles. The van der Waals surface area contributed by atoms with E-state index in [9.17, 15) is 0 Å². The van der Waals surface area contributed by atoms with Crippen molar-refractivity contribution in [3.63, 3.8) is 0 Å². The first kappa shape index (κ1) is 7.66. The number of nitrogens with one attached hydrogen (secondary N) is 1. The van der Waals surface area contributed by atoms with Crippen LogP contribution in [0.4, 0.5) is 0 Å². The van der Waals surface area contributed by atoms with Gasteiger partial charge in [0.05, 0.1) is 0 Å². The van der Waals surface area contributed by atoms with E-state index in [2.05, 4.69) is 24.9 Å². The number of hydrogen-bond donors (Lipinski definition) is 1. The molecule has 0 spiro atoms. The van der Waals surface area contributed by atoms with E-state index in [1.54, 1.807) is 0 Å². The molecule has 0 amide bonds. The topological polar surface area (TPSA) is 12.0 Å². The van der Waals surface area contributed by atoms with Crippen LogP contribution in [0.2, 0.25) is 0 Å². The summed E-state index contributed by atoms with van der Waals surface area (Å²) in [5.41, 5.74) is 5.35. The van der Waals surface area contributed by atoms with Crippen LogP contribution < -0.4 is 5.32 Å². The van der Waals surface area contributed by atoms with E-state index in [-0.39, 0.29) is 0 Å². The van der Waals surface area contributed by atoms with E-state index in [1.165, 1.54) is 48.2 Å². The first-order valence-electron chi connectivity index (χ1n) is 4.64. The fourth-order valence-electron chi connectivity index (χ4n) is 2.02. The second-order valence-electron chi connectivity index (χ2n) is 3.64. The molecule has 0 aromatic carbocycles. The number of rotatable bonds is 0. The zero-order valence-electron chi connectivity index (χ0n) is 7.61. The van der Waals surface area contributed by atoms with Crippen molar-refractivity contribution < 1.29 is 0 Å². The van der Waals surface area contributed by atoms with Crippen LogP contribution in [0.1, 0.15) is 32.6 Å². The van der Waals surface area contributed by atoms with Crippen molar-refractivity contribution in [1.29, 1.82) is 0 Å². The normalized spacial score (nSPS) is 23.1. The van der Waals surface area contributed by atoms with Gasteiger partial charge in [0.25, 0.3) is 0 Å². The highest BCUT2D eigenvalue weighted by atomic mass is 14.9. The Morgan fingerprint density at radius 1 is 1.33 bits per heavy atom. The van der Waals surface area contributed by atoms with Gasteiger partial charge in [-0.25, -0.2) is 0 Å². The molecule has 0 atom stereocenters. The lowest BCUT2D eigenvalue weighted by Gasteiger charge is -2.26. The Kier molecular flexibility index (Phi) is 1.80. The maximum Gasteiger partial charge on any atom is 0.0186 e. The van der Waals surface area contributed by atoms with E-state index in [0.29, 0.717) is 0 Å². The van der Waals surface area contributed by atoms with Crippen molar-refractivity contribution in [1.82, 2.24) is 5.32 Å². The summed E-state index contributed by atoms with van der Waals surface area (Å²) in [5.74, 6) is 0. The van der Waals surface area contributed by atoms with Gasteiger partial charge in [0, 0.05) is 11.4 Å². The molecule has 0 unspecified atom stereocenters. The van der Waals surface area contributed by atoms with Gasteiger partial charge >= 0.3 is 0 Å². The summed E-state index contributed by atoms with van der Waals surface area (Å²) < 4.78 is 0. The van der Waals surface area contributed by atoms with Crippen LogP contribution in [0.3, 0.4) is 0 Å². The fraction of sp³-hybridized carbons (Fsp3) is 0.455. The van der Waals surface area contributed by atoms with E-state index in [1.807, 2.05) is 0 Å². The predicted molar refractivity (Wildman–Crippen MR) is 51.5 cm³/mol. The van der Waals surface area contributed by atoms with Gasteiger partial charge in [0.15, 0.2) is 0 Å². The average Bonchev–Trinajstić information content (AvgIpc) is 2.04. The van der Waals surface area contributed by atoms with E-state index in [0.717, 1.165) is 0 Å². The largest absolute Gasteiger partial charge is 0.362 e. The Morgan fingerprint density at radius 2 is 2.08 bits per heavy atom. The molecule has 0 radical (unpaired) electrons. The minimum Gasteiger partial charge on any atom is -0.362 e. The smallest absolute Gasteiger partial charge is 0.0186 e. The standard InChI is InChI=1S/C11H15N/c1-8-7-9(2)12-11-6-4-3-5-10(8)11/h7,12H,1,3-6H2,2H3. The SMILES string of the molecule is C=C1C=C(C)NC2=C1CCCC2. The van der Waals surface area contributed by atoms with Crippen LogP contribution >= 0.6 is 0 Å². The van der Waals surface area contributed by atoms with E-state index in [4.69, 9.17) is 0 Å². The minimum atomic E-state index is 1.21. The van der Waals surface area contributed by atoms with Crippen LogP contribution in [-0.4, -0.2) is 0 Å². The van der Waals surface area contributed by atoms with Gasteiger partial charge in [0.2, 0.25) is 0 Å². The van der Waals surface area contributed by atoms with Gasteiger partial charge in [0.1, 0.15) is 0 Å². The van der Waals surface area contributed by atoms with Crippen LogP contribution in [0.15, 0.2) is 35.2 Å². The lowest BCUT2D eigenvalue weighted by Crippen LogP contribution is -2.20. The van der Waals surface area contributed by atoms with Gasteiger partial charge in [-0.3, -0.25) is 0 Å². The van der Waals surface area contributed by atoms with Crippen LogP contribution in [0, 0.1) is 0 Å². The van der Waals surface area contributed by atoms with Crippen LogP contribution in [-0.2, 0) is 0 Å². The predicted octanol–water partition coefficient (Wildman–Crippen LogP) is 2.88. The number of allylic oxidation sites excluding steroid dienone is 5. The highest BCUT2D eigenvalue weighted by Gasteiger charge is 2.17. The van der Waals surface area contributed by atoms with Crippen molar-refractivity contribution in [3.8, 4) is 0 Å². The molecule has 0 aromatic rings. The van der Waals surface area contributed by atoms with Crippen LogP contribution in [0.25, 0.3) is 0 Å². The second-order valence-corrected chi connectivity index (χ2v) is 3.64. The molecular formula is C11H15N. The lowest BCUT2D eigenvalue weighted by atomic mass is 9.89. The quantitative estimate of drug-likeness (QED) is 0.576. The summed E-state index contributed by atoms with van der Waals surface area (Å²) >= 11 is 0. The van der Waals surface area contributed by atoms with E-state index < -0.39 is 0 Å². The zero-order valence-corrected chi connectivity index (χ0v) is 7.61. The van der Waals surface area contributed by atoms with Gasteiger partial charge < -0.3 is 5.32 Å². The summed E-state index contributed by atoms with van der Waals surface area (Å²) in [4.78, 5) is 0. The Hall–Kier alpha value is -0.980. The minimum absolute atomic E-state index is 1.21. The molecule has 0 saturated heterocycles.